The molecule has 0 atom stereocenters. The van der Waals surface area contributed by atoms with Crippen molar-refractivity contribution in [3.05, 3.63) is 29.8 Å². The largest absolute Gasteiger partial charge is 0.394 e. The van der Waals surface area contributed by atoms with Crippen LogP contribution in [0.15, 0.2) is 24.3 Å². The van der Waals surface area contributed by atoms with Gasteiger partial charge in [0.1, 0.15) is 0 Å². The van der Waals surface area contributed by atoms with Crippen molar-refractivity contribution in [1.29, 1.82) is 0 Å². The molecule has 16 heavy (non-hydrogen) atoms. The Hall–Kier alpha value is -1.06. The molecule has 1 saturated heterocycles. The minimum Gasteiger partial charge on any atom is -0.394 e. The van der Waals surface area contributed by atoms with Crippen LogP contribution in [0.3, 0.4) is 0 Å². The summed E-state index contributed by atoms with van der Waals surface area (Å²) in [5.41, 5.74) is 8.22. The number of piperidine rings is 1. The molecule has 3 nitrogen and oxygen atoms in total. The molecule has 2 rings (SSSR count). The Bertz CT molecular complexity index is 339. The molecule has 1 aromatic carbocycles. The monoisotopic (exact) mass is 220 g/mol. The molecule has 1 fully saturated rings. The average Bonchev–Trinajstić information content (AvgIpc) is 2.32. The number of rotatable bonds is 2. The zero-order chi connectivity index (χ0) is 11.6. The van der Waals surface area contributed by atoms with Crippen molar-refractivity contribution in [2.75, 3.05) is 24.6 Å². The first kappa shape index (κ1) is 11.4. The van der Waals surface area contributed by atoms with Gasteiger partial charge in [0.2, 0.25) is 0 Å². The third-order valence-corrected chi connectivity index (χ3v) is 3.47. The highest BCUT2D eigenvalue weighted by atomic mass is 16.3. The van der Waals surface area contributed by atoms with E-state index in [0.29, 0.717) is 0 Å². The van der Waals surface area contributed by atoms with Crippen LogP contribution in [0.1, 0.15) is 18.4 Å². The Morgan fingerprint density at radius 2 is 1.81 bits per heavy atom. The summed E-state index contributed by atoms with van der Waals surface area (Å²) in [7, 11) is 0. The molecule has 0 amide bonds. The van der Waals surface area contributed by atoms with E-state index in [-0.39, 0.29) is 12.1 Å². The van der Waals surface area contributed by atoms with Crippen LogP contribution in [0.4, 0.5) is 5.69 Å². The molecule has 0 spiro atoms. The van der Waals surface area contributed by atoms with Crippen molar-refractivity contribution >= 4 is 5.69 Å². The van der Waals surface area contributed by atoms with Crippen molar-refractivity contribution in [3.8, 4) is 0 Å². The highest BCUT2D eigenvalue weighted by Crippen LogP contribution is 2.24. The average molecular weight is 220 g/mol. The maximum atomic E-state index is 9.20. The van der Waals surface area contributed by atoms with E-state index in [4.69, 9.17) is 5.73 Å². The number of aliphatic hydroxyl groups excluding tert-OH is 1. The van der Waals surface area contributed by atoms with Crippen LogP contribution in [0.25, 0.3) is 0 Å². The molecule has 1 aromatic rings. The number of hydrogen-bond acceptors (Lipinski definition) is 3. The number of aryl methyl sites for hydroxylation is 1. The summed E-state index contributed by atoms with van der Waals surface area (Å²) in [6.07, 6.45) is 1.72. The van der Waals surface area contributed by atoms with E-state index < -0.39 is 0 Å². The van der Waals surface area contributed by atoms with Crippen LogP contribution in [0, 0.1) is 6.92 Å². The third kappa shape index (κ3) is 2.36. The van der Waals surface area contributed by atoms with Crippen LogP contribution in [-0.4, -0.2) is 30.3 Å². The first-order valence-corrected chi connectivity index (χ1v) is 5.84. The topological polar surface area (TPSA) is 49.5 Å². The predicted octanol–water partition coefficient (Wildman–Crippen LogP) is 1.29. The number of anilines is 1. The van der Waals surface area contributed by atoms with E-state index in [0.717, 1.165) is 25.9 Å². The molecule has 0 unspecified atom stereocenters. The second-order valence-corrected chi connectivity index (χ2v) is 4.84. The Kier molecular flexibility index (Phi) is 3.17. The van der Waals surface area contributed by atoms with Gasteiger partial charge < -0.3 is 15.7 Å². The molecule has 0 bridgehead atoms. The summed E-state index contributed by atoms with van der Waals surface area (Å²) < 4.78 is 0. The van der Waals surface area contributed by atoms with E-state index in [9.17, 15) is 5.11 Å². The molecule has 1 heterocycles. The Labute approximate surface area is 96.9 Å². The number of hydrogen-bond donors (Lipinski definition) is 2. The minimum absolute atomic E-state index is 0.0920. The lowest BCUT2D eigenvalue weighted by atomic mass is 9.89. The Morgan fingerprint density at radius 1 is 1.25 bits per heavy atom. The second kappa shape index (κ2) is 4.44. The van der Waals surface area contributed by atoms with E-state index in [1.54, 1.807) is 0 Å². The predicted molar refractivity (Wildman–Crippen MR) is 66.6 cm³/mol. The van der Waals surface area contributed by atoms with Crippen LogP contribution in [-0.2, 0) is 0 Å². The van der Waals surface area contributed by atoms with Gasteiger partial charge in [-0.05, 0) is 31.9 Å². The fraction of sp³-hybridized carbons (Fsp3) is 0.538. The maximum absolute atomic E-state index is 9.20. The molecule has 0 aliphatic carbocycles. The SMILES string of the molecule is Cc1ccc(N2CCC(N)(CO)CC2)cc1. The van der Waals surface area contributed by atoms with Gasteiger partial charge in [-0.3, -0.25) is 0 Å². The van der Waals surface area contributed by atoms with E-state index >= 15 is 0 Å². The molecule has 0 radical (unpaired) electrons. The highest BCUT2D eigenvalue weighted by molar-refractivity contribution is 5.48. The van der Waals surface area contributed by atoms with Crippen LogP contribution < -0.4 is 10.6 Å². The normalized spacial score (nSPS) is 19.8. The summed E-state index contributed by atoms with van der Waals surface area (Å²) in [5, 5.41) is 9.20. The van der Waals surface area contributed by atoms with Crippen LogP contribution in [0.5, 0.6) is 0 Å². The summed E-state index contributed by atoms with van der Waals surface area (Å²) in [4.78, 5) is 2.33. The lowest BCUT2D eigenvalue weighted by Gasteiger charge is -2.39. The van der Waals surface area contributed by atoms with Crippen molar-refractivity contribution in [2.24, 2.45) is 5.73 Å². The molecule has 0 aromatic heterocycles. The number of aliphatic hydroxyl groups is 1. The number of nitrogens with two attached hydrogens (primary N) is 1. The van der Waals surface area contributed by atoms with Crippen molar-refractivity contribution in [1.82, 2.24) is 0 Å². The molecule has 3 heteroatoms. The van der Waals surface area contributed by atoms with Crippen molar-refractivity contribution < 1.29 is 5.11 Å². The van der Waals surface area contributed by atoms with Crippen molar-refractivity contribution in [2.45, 2.75) is 25.3 Å². The van der Waals surface area contributed by atoms with Gasteiger partial charge >= 0.3 is 0 Å². The Morgan fingerprint density at radius 3 is 2.31 bits per heavy atom. The number of nitrogens with zero attached hydrogens (tertiary/aromatic N) is 1. The molecule has 1 aliphatic rings. The third-order valence-electron chi connectivity index (χ3n) is 3.47. The maximum Gasteiger partial charge on any atom is 0.0612 e. The van der Waals surface area contributed by atoms with Gasteiger partial charge in [0.15, 0.2) is 0 Å². The van der Waals surface area contributed by atoms with E-state index in [1.807, 2.05) is 0 Å². The van der Waals surface area contributed by atoms with Gasteiger partial charge in [0.05, 0.1) is 6.61 Å². The molecule has 3 N–H and O–H groups in total. The van der Waals surface area contributed by atoms with Gasteiger partial charge in [-0.1, -0.05) is 17.7 Å². The standard InChI is InChI=1S/C13H20N2O/c1-11-2-4-12(5-3-11)15-8-6-13(14,10-16)7-9-15/h2-5,16H,6-10,14H2,1H3. The molecular formula is C13H20N2O. The smallest absolute Gasteiger partial charge is 0.0612 e. The van der Waals surface area contributed by atoms with Gasteiger partial charge in [-0.2, -0.15) is 0 Å². The highest BCUT2D eigenvalue weighted by Gasteiger charge is 2.29. The molecule has 1 aliphatic heterocycles. The summed E-state index contributed by atoms with van der Waals surface area (Å²) in [6.45, 7) is 4.05. The van der Waals surface area contributed by atoms with E-state index in [1.165, 1.54) is 11.3 Å². The summed E-state index contributed by atoms with van der Waals surface area (Å²) in [5.74, 6) is 0. The lowest BCUT2D eigenvalue weighted by Crippen LogP contribution is -2.52. The fourth-order valence-corrected chi connectivity index (χ4v) is 2.12. The second-order valence-electron chi connectivity index (χ2n) is 4.84. The minimum atomic E-state index is -0.360. The number of benzene rings is 1. The Balaban J connectivity index is 2.01. The zero-order valence-corrected chi connectivity index (χ0v) is 9.82. The van der Waals surface area contributed by atoms with Gasteiger partial charge in [0.25, 0.3) is 0 Å². The van der Waals surface area contributed by atoms with Gasteiger partial charge in [-0.15, -0.1) is 0 Å². The molecular weight excluding hydrogens is 200 g/mol. The molecule has 88 valence electrons. The first-order chi connectivity index (χ1) is 7.63. The summed E-state index contributed by atoms with van der Waals surface area (Å²) >= 11 is 0. The summed E-state index contributed by atoms with van der Waals surface area (Å²) in [6, 6.07) is 8.56. The van der Waals surface area contributed by atoms with Gasteiger partial charge in [-0.25, -0.2) is 0 Å². The fourth-order valence-electron chi connectivity index (χ4n) is 2.12. The van der Waals surface area contributed by atoms with Crippen LogP contribution in [0.2, 0.25) is 0 Å². The first-order valence-electron chi connectivity index (χ1n) is 5.84. The van der Waals surface area contributed by atoms with Crippen LogP contribution >= 0.6 is 0 Å². The lowest BCUT2D eigenvalue weighted by molar-refractivity contribution is 0.170. The molecule has 0 saturated carbocycles. The van der Waals surface area contributed by atoms with E-state index in [2.05, 4.69) is 36.1 Å². The van der Waals surface area contributed by atoms with Gasteiger partial charge in [0, 0.05) is 24.3 Å². The van der Waals surface area contributed by atoms with Crippen molar-refractivity contribution in [3.63, 3.8) is 0 Å². The quantitative estimate of drug-likeness (QED) is 0.789. The zero-order valence-electron chi connectivity index (χ0n) is 9.82.